The van der Waals surface area contributed by atoms with Crippen LogP contribution in [0, 0.1) is 20.8 Å². The molecule has 1 atom stereocenters. The Labute approximate surface area is 85.8 Å². The maximum atomic E-state index is 3.45. The zero-order chi connectivity index (χ0) is 10.1. The highest BCUT2D eigenvalue weighted by Gasteiger charge is 2.13. The first-order valence-corrected chi connectivity index (χ1v) is 5.16. The van der Waals surface area contributed by atoms with Crippen LogP contribution >= 0.6 is 0 Å². The van der Waals surface area contributed by atoms with Crippen molar-refractivity contribution in [2.45, 2.75) is 26.8 Å². The van der Waals surface area contributed by atoms with Gasteiger partial charge in [-0.1, -0.05) is 24.3 Å². The van der Waals surface area contributed by atoms with Gasteiger partial charge in [-0.2, -0.15) is 0 Å². The Morgan fingerprint density at radius 1 is 1.07 bits per heavy atom. The highest BCUT2D eigenvalue weighted by molar-refractivity contribution is 5.40. The highest BCUT2D eigenvalue weighted by atomic mass is 14.9. The Kier molecular flexibility index (Phi) is 2.42. The molecule has 1 aliphatic rings. The van der Waals surface area contributed by atoms with Crippen molar-refractivity contribution in [1.29, 1.82) is 0 Å². The van der Waals surface area contributed by atoms with E-state index >= 15 is 0 Å². The number of hydrogen-bond acceptors (Lipinski definition) is 1. The van der Waals surface area contributed by atoms with Gasteiger partial charge < -0.3 is 5.32 Å². The predicted octanol–water partition coefficient (Wildman–Crippen LogP) is 2.81. The third kappa shape index (κ3) is 1.60. The Bertz CT molecular complexity index is 377. The van der Waals surface area contributed by atoms with Gasteiger partial charge in [-0.05, 0) is 43.0 Å². The molecule has 1 N–H and O–H groups in total. The molecule has 0 spiro atoms. The van der Waals surface area contributed by atoms with E-state index < -0.39 is 0 Å². The van der Waals surface area contributed by atoms with E-state index in [2.05, 4.69) is 50.4 Å². The lowest BCUT2D eigenvalue weighted by Crippen LogP contribution is -2.15. The highest BCUT2D eigenvalue weighted by Crippen LogP contribution is 2.24. The minimum atomic E-state index is 0.425. The van der Waals surface area contributed by atoms with Crippen molar-refractivity contribution >= 4 is 0 Å². The second-order valence-corrected chi connectivity index (χ2v) is 4.11. The number of nitrogens with one attached hydrogen (secondary N) is 1. The summed E-state index contributed by atoms with van der Waals surface area (Å²) in [7, 11) is 0. The maximum absolute atomic E-state index is 3.45. The van der Waals surface area contributed by atoms with Crippen molar-refractivity contribution in [2.75, 3.05) is 6.54 Å². The Balaban J connectivity index is 2.42. The lowest BCUT2D eigenvalue weighted by atomic mass is 9.96. The molecule has 1 heteroatoms. The van der Waals surface area contributed by atoms with Crippen LogP contribution in [0.1, 0.15) is 28.3 Å². The van der Waals surface area contributed by atoms with Crippen LogP contribution in [0.25, 0.3) is 0 Å². The zero-order valence-corrected chi connectivity index (χ0v) is 9.09. The van der Waals surface area contributed by atoms with Crippen LogP contribution < -0.4 is 5.32 Å². The summed E-state index contributed by atoms with van der Waals surface area (Å²) in [6, 6.07) is 5.01. The second kappa shape index (κ2) is 3.58. The maximum Gasteiger partial charge on any atom is 0.0511 e. The van der Waals surface area contributed by atoms with E-state index in [0.717, 1.165) is 6.54 Å². The van der Waals surface area contributed by atoms with Crippen LogP contribution in [0.15, 0.2) is 24.3 Å². The molecular weight excluding hydrogens is 170 g/mol. The Morgan fingerprint density at radius 3 is 2.43 bits per heavy atom. The lowest BCUT2D eigenvalue weighted by Gasteiger charge is -2.15. The molecule has 0 amide bonds. The van der Waals surface area contributed by atoms with Crippen LogP contribution in [0.3, 0.4) is 0 Å². The minimum Gasteiger partial charge on any atom is -0.303 e. The smallest absolute Gasteiger partial charge is 0.0511 e. The van der Waals surface area contributed by atoms with Crippen molar-refractivity contribution < 1.29 is 0 Å². The standard InChI is InChI=1S/C13H17N/c1-9-7-11(3)12(8-10(9)2)13-5-4-6-14-13/h4-5,7-8,13-14H,6H2,1-3H3. The summed E-state index contributed by atoms with van der Waals surface area (Å²) < 4.78 is 0. The van der Waals surface area contributed by atoms with Gasteiger partial charge >= 0.3 is 0 Å². The minimum absolute atomic E-state index is 0.425. The second-order valence-electron chi connectivity index (χ2n) is 4.11. The monoisotopic (exact) mass is 187 g/mol. The molecule has 74 valence electrons. The molecule has 0 fully saturated rings. The fourth-order valence-corrected chi connectivity index (χ4v) is 2.00. The normalized spacial score (nSPS) is 20.4. The average molecular weight is 187 g/mol. The molecule has 1 heterocycles. The fraction of sp³-hybridized carbons (Fsp3) is 0.385. The first-order valence-electron chi connectivity index (χ1n) is 5.16. The van der Waals surface area contributed by atoms with Crippen LogP contribution in [-0.2, 0) is 0 Å². The van der Waals surface area contributed by atoms with Crippen LogP contribution in [0.5, 0.6) is 0 Å². The van der Waals surface area contributed by atoms with Gasteiger partial charge in [0.15, 0.2) is 0 Å². The van der Waals surface area contributed by atoms with Crippen molar-refractivity contribution in [3.63, 3.8) is 0 Å². The largest absolute Gasteiger partial charge is 0.303 e. The SMILES string of the molecule is Cc1cc(C)c(C2C=CCN2)cc1C. The van der Waals surface area contributed by atoms with E-state index in [0.29, 0.717) is 6.04 Å². The molecule has 0 saturated heterocycles. The van der Waals surface area contributed by atoms with Crippen LogP contribution in [0.2, 0.25) is 0 Å². The quantitative estimate of drug-likeness (QED) is 0.667. The number of aryl methyl sites for hydroxylation is 3. The molecule has 0 aromatic heterocycles. The first kappa shape index (κ1) is 9.47. The van der Waals surface area contributed by atoms with Crippen LogP contribution in [-0.4, -0.2) is 6.54 Å². The van der Waals surface area contributed by atoms with Gasteiger partial charge in [0.05, 0.1) is 6.04 Å². The van der Waals surface area contributed by atoms with Crippen molar-refractivity contribution in [3.05, 3.63) is 46.5 Å². The molecule has 1 aromatic rings. The number of rotatable bonds is 1. The van der Waals surface area contributed by atoms with E-state index in [9.17, 15) is 0 Å². The van der Waals surface area contributed by atoms with E-state index in [4.69, 9.17) is 0 Å². The van der Waals surface area contributed by atoms with Gasteiger partial charge in [-0.3, -0.25) is 0 Å². The van der Waals surface area contributed by atoms with Crippen LogP contribution in [0.4, 0.5) is 0 Å². The molecule has 14 heavy (non-hydrogen) atoms. The number of hydrogen-bond donors (Lipinski definition) is 1. The molecule has 0 aliphatic carbocycles. The van der Waals surface area contributed by atoms with Gasteiger partial charge in [0.2, 0.25) is 0 Å². The summed E-state index contributed by atoms with van der Waals surface area (Å²) in [5.41, 5.74) is 5.57. The van der Waals surface area contributed by atoms with Gasteiger partial charge in [0.1, 0.15) is 0 Å². The third-order valence-electron chi connectivity index (χ3n) is 3.00. The Hall–Kier alpha value is -1.08. The van der Waals surface area contributed by atoms with E-state index in [-0.39, 0.29) is 0 Å². The third-order valence-corrected chi connectivity index (χ3v) is 3.00. The summed E-state index contributed by atoms with van der Waals surface area (Å²) in [6.07, 6.45) is 4.44. The fourth-order valence-electron chi connectivity index (χ4n) is 2.00. The molecular formula is C13H17N. The molecule has 0 bridgehead atoms. The van der Waals surface area contributed by atoms with Crippen molar-refractivity contribution in [2.24, 2.45) is 0 Å². The summed E-state index contributed by atoms with van der Waals surface area (Å²) in [4.78, 5) is 0. The topological polar surface area (TPSA) is 12.0 Å². The summed E-state index contributed by atoms with van der Waals surface area (Å²) in [6.45, 7) is 7.54. The first-order chi connectivity index (χ1) is 6.68. The van der Waals surface area contributed by atoms with E-state index in [1.165, 1.54) is 22.3 Å². The molecule has 1 nitrogen and oxygen atoms in total. The van der Waals surface area contributed by atoms with Gasteiger partial charge in [-0.15, -0.1) is 0 Å². The average Bonchev–Trinajstić information content (AvgIpc) is 2.64. The van der Waals surface area contributed by atoms with Crippen molar-refractivity contribution in [3.8, 4) is 0 Å². The molecule has 1 aromatic carbocycles. The molecule has 0 saturated carbocycles. The van der Waals surface area contributed by atoms with E-state index in [1.807, 2.05) is 0 Å². The van der Waals surface area contributed by atoms with Gasteiger partial charge in [0.25, 0.3) is 0 Å². The molecule has 1 aliphatic heterocycles. The zero-order valence-electron chi connectivity index (χ0n) is 9.09. The summed E-state index contributed by atoms with van der Waals surface area (Å²) in [5.74, 6) is 0. The van der Waals surface area contributed by atoms with E-state index in [1.54, 1.807) is 0 Å². The molecule has 1 unspecified atom stereocenters. The predicted molar refractivity (Wildman–Crippen MR) is 60.5 cm³/mol. The van der Waals surface area contributed by atoms with Gasteiger partial charge in [0, 0.05) is 6.54 Å². The van der Waals surface area contributed by atoms with Crippen molar-refractivity contribution in [1.82, 2.24) is 5.32 Å². The lowest BCUT2D eigenvalue weighted by molar-refractivity contribution is 0.707. The Morgan fingerprint density at radius 2 is 1.79 bits per heavy atom. The van der Waals surface area contributed by atoms with Gasteiger partial charge in [-0.25, -0.2) is 0 Å². The molecule has 0 radical (unpaired) electrons. The number of benzene rings is 1. The summed E-state index contributed by atoms with van der Waals surface area (Å²) in [5, 5.41) is 3.45. The molecule has 2 rings (SSSR count). The summed E-state index contributed by atoms with van der Waals surface area (Å²) >= 11 is 0.